The van der Waals surface area contributed by atoms with Crippen molar-refractivity contribution in [1.29, 1.82) is 0 Å². The van der Waals surface area contributed by atoms with Crippen molar-refractivity contribution in [1.82, 2.24) is 9.97 Å². The van der Waals surface area contributed by atoms with Crippen molar-refractivity contribution in [3.05, 3.63) is 45.7 Å². The fourth-order valence-corrected chi connectivity index (χ4v) is 1.53. The van der Waals surface area contributed by atoms with Gasteiger partial charge in [-0.05, 0) is 6.07 Å². The minimum absolute atomic E-state index is 0.104. The normalized spacial score (nSPS) is 10.0. The van der Waals surface area contributed by atoms with Gasteiger partial charge in [-0.15, -0.1) is 0 Å². The van der Waals surface area contributed by atoms with Crippen LogP contribution in [-0.2, 0) is 0 Å². The van der Waals surface area contributed by atoms with Gasteiger partial charge in [0.05, 0.1) is 22.3 Å². The Morgan fingerprint density at radius 3 is 2.84 bits per heavy atom. The zero-order chi connectivity index (χ0) is 13.8. The Morgan fingerprint density at radius 1 is 1.42 bits per heavy atom. The maximum atomic E-state index is 10.6. The second-order valence-electron chi connectivity index (χ2n) is 3.47. The van der Waals surface area contributed by atoms with Crippen LogP contribution in [0, 0.1) is 10.1 Å². The fourth-order valence-electron chi connectivity index (χ4n) is 1.32. The van der Waals surface area contributed by atoms with E-state index < -0.39 is 4.92 Å². The van der Waals surface area contributed by atoms with Gasteiger partial charge in [0.2, 0.25) is 5.88 Å². The third-order valence-electron chi connectivity index (χ3n) is 2.21. The lowest BCUT2D eigenvalue weighted by molar-refractivity contribution is -0.384. The largest absolute Gasteiger partial charge is 0.436 e. The quantitative estimate of drug-likeness (QED) is 0.684. The number of hydrogen-bond donors (Lipinski definition) is 1. The SMILES string of the molecule is CNc1cncc(Oc2ccc([N+](=O)[O-])cc2Cl)n1. The monoisotopic (exact) mass is 280 g/mol. The number of nitrogens with zero attached hydrogens (tertiary/aromatic N) is 3. The number of benzene rings is 1. The molecular weight excluding hydrogens is 272 g/mol. The number of nitrogens with one attached hydrogen (secondary N) is 1. The molecule has 0 aliphatic heterocycles. The second-order valence-corrected chi connectivity index (χ2v) is 3.87. The molecule has 1 aromatic carbocycles. The molecule has 19 heavy (non-hydrogen) atoms. The van der Waals surface area contributed by atoms with E-state index >= 15 is 0 Å². The number of ether oxygens (including phenoxy) is 1. The molecule has 0 saturated carbocycles. The zero-order valence-electron chi connectivity index (χ0n) is 9.83. The summed E-state index contributed by atoms with van der Waals surface area (Å²) >= 11 is 5.90. The standard InChI is InChI=1S/C11H9ClN4O3/c1-13-10-5-14-6-11(15-10)19-9-3-2-7(16(17)18)4-8(9)12/h2-6H,1H3,(H,13,15). The molecule has 0 saturated heterocycles. The summed E-state index contributed by atoms with van der Waals surface area (Å²) in [5.74, 6) is 1.05. The van der Waals surface area contributed by atoms with Gasteiger partial charge in [0.15, 0.2) is 0 Å². The minimum atomic E-state index is -0.531. The number of anilines is 1. The Balaban J connectivity index is 2.25. The third kappa shape index (κ3) is 3.08. The van der Waals surface area contributed by atoms with E-state index in [0.29, 0.717) is 5.82 Å². The highest BCUT2D eigenvalue weighted by Crippen LogP contribution is 2.31. The molecule has 98 valence electrons. The molecule has 0 amide bonds. The lowest BCUT2D eigenvalue weighted by Gasteiger charge is -2.07. The van der Waals surface area contributed by atoms with Crippen LogP contribution in [0.1, 0.15) is 0 Å². The highest BCUT2D eigenvalue weighted by molar-refractivity contribution is 6.32. The number of nitro groups is 1. The van der Waals surface area contributed by atoms with Crippen molar-refractivity contribution >= 4 is 23.1 Å². The van der Waals surface area contributed by atoms with E-state index in [9.17, 15) is 10.1 Å². The second kappa shape index (κ2) is 5.49. The van der Waals surface area contributed by atoms with E-state index in [0.717, 1.165) is 0 Å². The Labute approximate surface area is 113 Å². The first-order valence-corrected chi connectivity index (χ1v) is 5.59. The van der Waals surface area contributed by atoms with Crippen molar-refractivity contribution in [2.75, 3.05) is 12.4 Å². The van der Waals surface area contributed by atoms with Gasteiger partial charge in [-0.2, -0.15) is 4.98 Å². The van der Waals surface area contributed by atoms with E-state index in [2.05, 4.69) is 15.3 Å². The average molecular weight is 281 g/mol. The third-order valence-corrected chi connectivity index (χ3v) is 2.50. The molecule has 8 heteroatoms. The van der Waals surface area contributed by atoms with Gasteiger partial charge >= 0.3 is 0 Å². The van der Waals surface area contributed by atoms with Crippen molar-refractivity contribution in [2.45, 2.75) is 0 Å². The molecular formula is C11H9ClN4O3. The van der Waals surface area contributed by atoms with Crippen molar-refractivity contribution in [3.8, 4) is 11.6 Å². The molecule has 0 aliphatic carbocycles. The maximum absolute atomic E-state index is 10.6. The van der Waals surface area contributed by atoms with Crippen LogP contribution in [-0.4, -0.2) is 21.9 Å². The smallest absolute Gasteiger partial charge is 0.271 e. The van der Waals surface area contributed by atoms with Gasteiger partial charge in [0, 0.05) is 19.2 Å². The molecule has 2 rings (SSSR count). The maximum Gasteiger partial charge on any atom is 0.271 e. The van der Waals surface area contributed by atoms with E-state index in [-0.39, 0.29) is 22.3 Å². The van der Waals surface area contributed by atoms with Gasteiger partial charge in [0.25, 0.3) is 5.69 Å². The molecule has 0 aliphatic rings. The molecule has 7 nitrogen and oxygen atoms in total. The Bertz CT molecular complexity index is 621. The van der Waals surface area contributed by atoms with Crippen LogP contribution < -0.4 is 10.1 Å². The molecule has 0 bridgehead atoms. The number of hydrogen-bond acceptors (Lipinski definition) is 6. The molecule has 1 heterocycles. The number of halogens is 1. The Kier molecular flexibility index (Phi) is 3.76. The predicted octanol–water partition coefficient (Wildman–Crippen LogP) is 2.87. The molecule has 0 spiro atoms. The van der Waals surface area contributed by atoms with Gasteiger partial charge in [-0.1, -0.05) is 11.6 Å². The average Bonchev–Trinajstić information content (AvgIpc) is 2.41. The molecule has 1 aromatic heterocycles. The van der Waals surface area contributed by atoms with Crippen LogP contribution in [0.4, 0.5) is 11.5 Å². The molecule has 0 unspecified atom stereocenters. The highest BCUT2D eigenvalue weighted by atomic mass is 35.5. The summed E-state index contributed by atoms with van der Waals surface area (Å²) in [5.41, 5.74) is -0.104. The first kappa shape index (κ1) is 13.0. The topological polar surface area (TPSA) is 90.2 Å². The molecule has 0 radical (unpaired) electrons. The summed E-state index contributed by atoms with van der Waals surface area (Å²) in [5, 5.41) is 13.5. The summed E-state index contributed by atoms with van der Waals surface area (Å²) in [7, 11) is 1.70. The summed E-state index contributed by atoms with van der Waals surface area (Å²) < 4.78 is 5.42. The molecule has 2 aromatic rings. The van der Waals surface area contributed by atoms with Crippen molar-refractivity contribution in [3.63, 3.8) is 0 Å². The highest BCUT2D eigenvalue weighted by Gasteiger charge is 2.11. The van der Waals surface area contributed by atoms with Crippen LogP contribution in [0.2, 0.25) is 5.02 Å². The van der Waals surface area contributed by atoms with Crippen molar-refractivity contribution in [2.24, 2.45) is 0 Å². The van der Waals surface area contributed by atoms with Gasteiger partial charge in [0.1, 0.15) is 11.6 Å². The Morgan fingerprint density at radius 2 is 2.21 bits per heavy atom. The van der Waals surface area contributed by atoms with Crippen LogP contribution in [0.25, 0.3) is 0 Å². The summed E-state index contributed by atoms with van der Waals surface area (Å²) in [6.45, 7) is 0. The van der Waals surface area contributed by atoms with E-state index in [1.807, 2.05) is 0 Å². The number of aromatic nitrogens is 2. The molecule has 0 atom stereocenters. The van der Waals surface area contributed by atoms with Crippen LogP contribution in [0.3, 0.4) is 0 Å². The first-order chi connectivity index (χ1) is 9.10. The lowest BCUT2D eigenvalue weighted by atomic mass is 10.3. The van der Waals surface area contributed by atoms with Gasteiger partial charge < -0.3 is 10.1 Å². The zero-order valence-corrected chi connectivity index (χ0v) is 10.6. The van der Waals surface area contributed by atoms with Gasteiger partial charge in [-0.25, -0.2) is 0 Å². The van der Waals surface area contributed by atoms with Crippen LogP contribution in [0.15, 0.2) is 30.6 Å². The van der Waals surface area contributed by atoms with Crippen molar-refractivity contribution < 1.29 is 9.66 Å². The predicted molar refractivity (Wildman–Crippen MR) is 69.8 cm³/mol. The summed E-state index contributed by atoms with van der Waals surface area (Å²) in [6, 6.07) is 3.93. The molecule has 0 fully saturated rings. The number of rotatable bonds is 4. The van der Waals surface area contributed by atoms with Gasteiger partial charge in [-0.3, -0.25) is 15.1 Å². The first-order valence-electron chi connectivity index (χ1n) is 5.21. The summed E-state index contributed by atoms with van der Waals surface area (Å²) in [6.07, 6.45) is 2.95. The summed E-state index contributed by atoms with van der Waals surface area (Å²) in [4.78, 5) is 18.1. The van der Waals surface area contributed by atoms with Crippen LogP contribution >= 0.6 is 11.6 Å². The number of non-ortho nitro benzene ring substituents is 1. The minimum Gasteiger partial charge on any atom is -0.436 e. The molecule has 1 N–H and O–H groups in total. The Hall–Kier alpha value is -2.41. The van der Waals surface area contributed by atoms with E-state index in [4.69, 9.17) is 16.3 Å². The lowest BCUT2D eigenvalue weighted by Crippen LogP contribution is -1.96. The van der Waals surface area contributed by atoms with E-state index in [1.165, 1.54) is 30.6 Å². The fraction of sp³-hybridized carbons (Fsp3) is 0.0909. The van der Waals surface area contributed by atoms with Crippen LogP contribution in [0.5, 0.6) is 11.6 Å². The van der Waals surface area contributed by atoms with E-state index in [1.54, 1.807) is 7.05 Å². The number of nitro benzene ring substituents is 1.